The van der Waals surface area contributed by atoms with Gasteiger partial charge in [-0.3, -0.25) is 19.7 Å². The maximum Gasteiger partial charge on any atom is 0.255 e. The summed E-state index contributed by atoms with van der Waals surface area (Å²) < 4.78 is 0. The van der Waals surface area contributed by atoms with E-state index in [0.717, 1.165) is 22.6 Å². The van der Waals surface area contributed by atoms with Gasteiger partial charge in [0.05, 0.1) is 0 Å². The van der Waals surface area contributed by atoms with Gasteiger partial charge in [-0.25, -0.2) is 0 Å². The normalized spacial score (nSPS) is 31.0. The first-order chi connectivity index (χ1) is 15.0. The van der Waals surface area contributed by atoms with E-state index >= 15 is 0 Å². The molecule has 31 heavy (non-hydrogen) atoms. The van der Waals surface area contributed by atoms with Crippen LogP contribution in [0.15, 0.2) is 18.2 Å². The molecule has 4 unspecified atom stereocenters. The Balaban J connectivity index is 1.21. The first-order valence-electron chi connectivity index (χ1n) is 11.7. The topological polar surface area (TPSA) is 90.5 Å². The molecule has 4 aliphatic heterocycles. The lowest BCUT2D eigenvalue weighted by atomic mass is 9.87. The van der Waals surface area contributed by atoms with Crippen LogP contribution in [0.4, 0.5) is 0 Å². The molecule has 166 valence electrons. The van der Waals surface area contributed by atoms with Gasteiger partial charge in [-0.1, -0.05) is 18.2 Å². The number of nitrogens with one attached hydrogen (secondary N) is 3. The maximum atomic E-state index is 13.2. The van der Waals surface area contributed by atoms with Crippen LogP contribution in [0.25, 0.3) is 0 Å². The molecule has 2 bridgehead atoms. The van der Waals surface area contributed by atoms with Gasteiger partial charge in [-0.2, -0.15) is 0 Å². The van der Waals surface area contributed by atoms with Crippen molar-refractivity contribution in [2.45, 2.75) is 89.1 Å². The second-order valence-electron chi connectivity index (χ2n) is 9.84. The van der Waals surface area contributed by atoms with Crippen molar-refractivity contribution in [3.05, 3.63) is 34.9 Å². The van der Waals surface area contributed by atoms with Crippen LogP contribution >= 0.6 is 0 Å². The summed E-state index contributed by atoms with van der Waals surface area (Å²) in [6, 6.07) is 7.22. The first kappa shape index (κ1) is 20.6. The first-order valence-corrected chi connectivity index (χ1v) is 11.7. The fourth-order valence-electron chi connectivity index (χ4n) is 6.07. The molecule has 7 nitrogen and oxygen atoms in total. The summed E-state index contributed by atoms with van der Waals surface area (Å²) in [5.74, 6) is 0.0598. The molecule has 1 aromatic rings. The van der Waals surface area contributed by atoms with Crippen molar-refractivity contribution in [3.8, 4) is 0 Å². The van der Waals surface area contributed by atoms with Gasteiger partial charge in [0.1, 0.15) is 6.04 Å². The van der Waals surface area contributed by atoms with Crippen molar-refractivity contribution in [3.63, 3.8) is 0 Å². The predicted molar refractivity (Wildman–Crippen MR) is 116 cm³/mol. The van der Waals surface area contributed by atoms with E-state index in [1.54, 1.807) is 4.90 Å². The molecular formula is C24H32N4O3. The highest BCUT2D eigenvalue weighted by Gasteiger charge is 2.40. The van der Waals surface area contributed by atoms with Crippen LogP contribution < -0.4 is 16.0 Å². The number of carbonyl (C=O) groups excluding carboxylic acids is 3. The number of amides is 3. The monoisotopic (exact) mass is 424 g/mol. The van der Waals surface area contributed by atoms with Crippen molar-refractivity contribution in [2.75, 3.05) is 0 Å². The lowest BCUT2D eigenvalue weighted by Crippen LogP contribution is -2.52. The van der Waals surface area contributed by atoms with Gasteiger partial charge in [0.2, 0.25) is 11.8 Å². The minimum Gasteiger partial charge on any atom is -0.322 e. The highest BCUT2D eigenvalue weighted by Crippen LogP contribution is 2.34. The molecule has 0 saturated carbocycles. The standard InChI is InChI=1S/C24H32N4O3/c1-14(9-15-10-18-5-6-19(11-15)26-18)25-12-16-3-2-4-17-13-28(24(31)22(16)17)20-7-8-21(29)27-23(20)30/h2-4,14-15,18-20,25-26H,5-13H2,1H3,(H,27,29,30). The largest absolute Gasteiger partial charge is 0.322 e. The fourth-order valence-corrected chi connectivity index (χ4v) is 6.07. The Bertz CT molecular complexity index is 889. The van der Waals surface area contributed by atoms with E-state index in [0.29, 0.717) is 37.6 Å². The van der Waals surface area contributed by atoms with Gasteiger partial charge in [-0.15, -0.1) is 0 Å². The van der Waals surface area contributed by atoms with E-state index in [2.05, 4.69) is 22.9 Å². The fraction of sp³-hybridized carbons (Fsp3) is 0.625. The second-order valence-corrected chi connectivity index (χ2v) is 9.84. The zero-order chi connectivity index (χ0) is 21.5. The Morgan fingerprint density at radius 3 is 2.65 bits per heavy atom. The third-order valence-electron chi connectivity index (χ3n) is 7.54. The number of piperidine rings is 2. The number of nitrogens with zero attached hydrogens (tertiary/aromatic N) is 1. The molecule has 3 N–H and O–H groups in total. The van der Waals surface area contributed by atoms with Crippen molar-refractivity contribution in [1.82, 2.24) is 20.9 Å². The van der Waals surface area contributed by atoms with Crippen LogP contribution in [0.3, 0.4) is 0 Å². The average molecular weight is 425 g/mol. The lowest BCUT2D eigenvalue weighted by molar-refractivity contribution is -0.136. The number of imide groups is 1. The van der Waals surface area contributed by atoms with Crippen LogP contribution in [-0.2, 0) is 22.7 Å². The minimum absolute atomic E-state index is 0.0931. The molecule has 5 rings (SSSR count). The zero-order valence-electron chi connectivity index (χ0n) is 18.2. The van der Waals surface area contributed by atoms with Gasteiger partial charge < -0.3 is 15.5 Å². The van der Waals surface area contributed by atoms with E-state index in [-0.39, 0.29) is 24.1 Å². The van der Waals surface area contributed by atoms with E-state index in [4.69, 9.17) is 0 Å². The number of hydrogen-bond donors (Lipinski definition) is 3. The van der Waals surface area contributed by atoms with Crippen LogP contribution in [0.1, 0.15) is 73.4 Å². The number of hydrogen-bond acceptors (Lipinski definition) is 5. The molecular weight excluding hydrogens is 392 g/mol. The van der Waals surface area contributed by atoms with Crippen molar-refractivity contribution < 1.29 is 14.4 Å². The average Bonchev–Trinajstić information content (AvgIpc) is 3.25. The van der Waals surface area contributed by atoms with Gasteiger partial charge in [0.25, 0.3) is 5.91 Å². The Kier molecular flexibility index (Phi) is 5.56. The molecule has 4 atom stereocenters. The van der Waals surface area contributed by atoms with E-state index in [1.807, 2.05) is 18.2 Å². The number of rotatable bonds is 6. The Morgan fingerprint density at radius 2 is 1.90 bits per heavy atom. The number of fused-ring (bicyclic) bond motifs is 3. The molecule has 4 aliphatic rings. The van der Waals surface area contributed by atoms with Crippen LogP contribution in [0, 0.1) is 5.92 Å². The maximum absolute atomic E-state index is 13.2. The molecule has 4 heterocycles. The van der Waals surface area contributed by atoms with Crippen molar-refractivity contribution in [1.29, 1.82) is 0 Å². The second kappa shape index (κ2) is 8.36. The lowest BCUT2D eigenvalue weighted by Gasteiger charge is -2.31. The summed E-state index contributed by atoms with van der Waals surface area (Å²) in [5, 5.41) is 9.72. The summed E-state index contributed by atoms with van der Waals surface area (Å²) in [6.45, 7) is 3.32. The van der Waals surface area contributed by atoms with E-state index < -0.39 is 6.04 Å². The quantitative estimate of drug-likeness (QED) is 0.607. The van der Waals surface area contributed by atoms with Crippen molar-refractivity contribution >= 4 is 17.7 Å². The van der Waals surface area contributed by atoms with Gasteiger partial charge in [-0.05, 0) is 62.5 Å². The molecule has 3 amide bonds. The molecule has 7 heteroatoms. The van der Waals surface area contributed by atoms with Crippen LogP contribution in [-0.4, -0.2) is 46.8 Å². The van der Waals surface area contributed by atoms with E-state index in [1.165, 1.54) is 32.1 Å². The van der Waals surface area contributed by atoms with E-state index in [9.17, 15) is 14.4 Å². The Hall–Kier alpha value is -2.25. The smallest absolute Gasteiger partial charge is 0.255 e. The number of carbonyl (C=O) groups is 3. The summed E-state index contributed by atoms with van der Waals surface area (Å²) in [4.78, 5) is 38.6. The number of benzene rings is 1. The third-order valence-corrected chi connectivity index (χ3v) is 7.54. The molecule has 0 spiro atoms. The summed E-state index contributed by atoms with van der Waals surface area (Å²) in [6.07, 6.45) is 7.05. The highest BCUT2D eigenvalue weighted by atomic mass is 16.2. The summed E-state index contributed by atoms with van der Waals surface area (Å²) in [5.41, 5.74) is 2.69. The molecule has 3 fully saturated rings. The Morgan fingerprint density at radius 1 is 1.13 bits per heavy atom. The van der Waals surface area contributed by atoms with Crippen molar-refractivity contribution in [2.24, 2.45) is 5.92 Å². The van der Waals surface area contributed by atoms with Gasteiger partial charge in [0, 0.05) is 43.2 Å². The third kappa shape index (κ3) is 4.13. The van der Waals surface area contributed by atoms with Crippen LogP contribution in [0.2, 0.25) is 0 Å². The van der Waals surface area contributed by atoms with Gasteiger partial charge in [0.15, 0.2) is 0 Å². The molecule has 0 aliphatic carbocycles. The molecule has 3 saturated heterocycles. The summed E-state index contributed by atoms with van der Waals surface area (Å²) >= 11 is 0. The molecule has 0 aromatic heterocycles. The zero-order valence-corrected chi connectivity index (χ0v) is 18.2. The van der Waals surface area contributed by atoms with Crippen LogP contribution in [0.5, 0.6) is 0 Å². The predicted octanol–water partition coefficient (Wildman–Crippen LogP) is 1.85. The highest BCUT2D eigenvalue weighted by molar-refractivity contribution is 6.05. The minimum atomic E-state index is -0.562. The SMILES string of the molecule is CC(CC1CC2CCC(C1)N2)NCc1cccc2c1C(=O)N(C1CCC(=O)NC1=O)C2. The molecule has 1 aromatic carbocycles. The summed E-state index contributed by atoms with van der Waals surface area (Å²) in [7, 11) is 0. The Labute approximate surface area is 183 Å². The van der Waals surface area contributed by atoms with Gasteiger partial charge >= 0.3 is 0 Å². The molecule has 0 radical (unpaired) electrons.